The number of rotatable bonds is 5. The number of nitriles is 1. The molecule has 3 rings (SSSR count). The number of methoxy groups -OCH3 is 1. The van der Waals surface area contributed by atoms with Crippen LogP contribution in [0.25, 0.3) is 0 Å². The molecule has 0 amide bonds. The molecule has 2 aromatic rings. The quantitative estimate of drug-likeness (QED) is 0.849. The van der Waals surface area contributed by atoms with E-state index >= 15 is 0 Å². The standard InChI is InChI=1S/C20H23N3O/c1-24-20-7-5-17(6-8-20)15-22-9-11-23(12-10-22)16-19-4-2-3-18(13-19)14-21/h2-8,13H,9-12,15-16H2,1H3. The van der Waals surface area contributed by atoms with Gasteiger partial charge in [0, 0.05) is 39.3 Å². The second kappa shape index (κ2) is 7.96. The van der Waals surface area contributed by atoms with E-state index < -0.39 is 0 Å². The van der Waals surface area contributed by atoms with Crippen LogP contribution in [0.3, 0.4) is 0 Å². The average molecular weight is 321 g/mol. The molecule has 0 saturated carbocycles. The summed E-state index contributed by atoms with van der Waals surface area (Å²) in [6.45, 7) is 6.18. The fourth-order valence-electron chi connectivity index (χ4n) is 3.09. The third-order valence-corrected chi connectivity index (χ3v) is 4.49. The van der Waals surface area contributed by atoms with E-state index in [0.29, 0.717) is 0 Å². The Morgan fingerprint density at radius 2 is 1.54 bits per heavy atom. The van der Waals surface area contributed by atoms with Crippen LogP contribution >= 0.6 is 0 Å². The van der Waals surface area contributed by atoms with Gasteiger partial charge in [-0.1, -0.05) is 24.3 Å². The van der Waals surface area contributed by atoms with E-state index in [1.54, 1.807) is 7.11 Å². The molecule has 0 spiro atoms. The fraction of sp³-hybridized carbons (Fsp3) is 0.350. The van der Waals surface area contributed by atoms with Gasteiger partial charge in [0.1, 0.15) is 5.75 Å². The Kier molecular flexibility index (Phi) is 5.47. The van der Waals surface area contributed by atoms with Gasteiger partial charge in [0.25, 0.3) is 0 Å². The van der Waals surface area contributed by atoms with Crippen molar-refractivity contribution in [1.82, 2.24) is 9.80 Å². The molecule has 0 atom stereocenters. The summed E-state index contributed by atoms with van der Waals surface area (Å²) >= 11 is 0. The monoisotopic (exact) mass is 321 g/mol. The minimum atomic E-state index is 0.741. The Bertz CT molecular complexity index is 698. The van der Waals surface area contributed by atoms with Crippen LogP contribution in [0, 0.1) is 11.3 Å². The fourth-order valence-corrected chi connectivity index (χ4v) is 3.09. The van der Waals surface area contributed by atoms with E-state index in [0.717, 1.165) is 50.6 Å². The van der Waals surface area contributed by atoms with E-state index in [4.69, 9.17) is 10.00 Å². The number of benzene rings is 2. The third kappa shape index (κ3) is 4.35. The predicted molar refractivity (Wildman–Crippen MR) is 94.7 cm³/mol. The van der Waals surface area contributed by atoms with Gasteiger partial charge < -0.3 is 4.74 Å². The maximum atomic E-state index is 9.00. The molecular formula is C20H23N3O. The first-order valence-corrected chi connectivity index (χ1v) is 8.33. The van der Waals surface area contributed by atoms with Gasteiger partial charge in [0.15, 0.2) is 0 Å². The summed E-state index contributed by atoms with van der Waals surface area (Å²) in [5.74, 6) is 0.906. The predicted octanol–water partition coefficient (Wildman–Crippen LogP) is 2.88. The average Bonchev–Trinajstić information content (AvgIpc) is 2.64. The molecule has 124 valence electrons. The molecule has 0 radical (unpaired) electrons. The topological polar surface area (TPSA) is 39.5 Å². The highest BCUT2D eigenvalue weighted by molar-refractivity contribution is 5.32. The Morgan fingerprint density at radius 3 is 2.12 bits per heavy atom. The maximum Gasteiger partial charge on any atom is 0.118 e. The van der Waals surface area contributed by atoms with Gasteiger partial charge in [0.05, 0.1) is 18.7 Å². The highest BCUT2D eigenvalue weighted by Gasteiger charge is 2.17. The molecule has 4 nitrogen and oxygen atoms in total. The lowest BCUT2D eigenvalue weighted by Crippen LogP contribution is -2.45. The van der Waals surface area contributed by atoms with Crippen LogP contribution in [0.5, 0.6) is 5.75 Å². The summed E-state index contributed by atoms with van der Waals surface area (Å²) < 4.78 is 5.21. The summed E-state index contributed by atoms with van der Waals surface area (Å²) in [5.41, 5.74) is 3.29. The van der Waals surface area contributed by atoms with Gasteiger partial charge in [-0.2, -0.15) is 5.26 Å². The lowest BCUT2D eigenvalue weighted by Gasteiger charge is -2.34. The third-order valence-electron chi connectivity index (χ3n) is 4.49. The summed E-state index contributed by atoms with van der Waals surface area (Å²) in [6.07, 6.45) is 0. The Hall–Kier alpha value is -2.35. The van der Waals surface area contributed by atoms with Crippen LogP contribution in [0.1, 0.15) is 16.7 Å². The largest absolute Gasteiger partial charge is 0.497 e. The van der Waals surface area contributed by atoms with Crippen LogP contribution in [0.4, 0.5) is 0 Å². The molecule has 1 saturated heterocycles. The Morgan fingerprint density at radius 1 is 0.917 bits per heavy atom. The van der Waals surface area contributed by atoms with Crippen molar-refractivity contribution in [2.75, 3.05) is 33.3 Å². The highest BCUT2D eigenvalue weighted by Crippen LogP contribution is 2.15. The molecular weight excluding hydrogens is 298 g/mol. The van der Waals surface area contributed by atoms with Crippen molar-refractivity contribution >= 4 is 0 Å². The zero-order valence-electron chi connectivity index (χ0n) is 14.1. The van der Waals surface area contributed by atoms with Gasteiger partial charge in [-0.05, 0) is 35.4 Å². The van der Waals surface area contributed by atoms with Crippen molar-refractivity contribution in [3.8, 4) is 11.8 Å². The van der Waals surface area contributed by atoms with Crippen LogP contribution in [-0.2, 0) is 13.1 Å². The van der Waals surface area contributed by atoms with E-state index in [1.165, 1.54) is 11.1 Å². The van der Waals surface area contributed by atoms with Crippen molar-refractivity contribution in [1.29, 1.82) is 5.26 Å². The molecule has 1 heterocycles. The Balaban J connectivity index is 1.49. The van der Waals surface area contributed by atoms with Gasteiger partial charge in [-0.3, -0.25) is 9.80 Å². The number of ether oxygens (including phenoxy) is 1. The van der Waals surface area contributed by atoms with Crippen molar-refractivity contribution in [3.05, 3.63) is 65.2 Å². The number of piperazine rings is 1. The second-order valence-electron chi connectivity index (χ2n) is 6.21. The first-order valence-electron chi connectivity index (χ1n) is 8.33. The molecule has 0 aromatic heterocycles. The minimum Gasteiger partial charge on any atom is -0.497 e. The van der Waals surface area contributed by atoms with Gasteiger partial charge in [-0.25, -0.2) is 0 Å². The van der Waals surface area contributed by atoms with Crippen molar-refractivity contribution in [2.45, 2.75) is 13.1 Å². The molecule has 0 aliphatic carbocycles. The van der Waals surface area contributed by atoms with Crippen LogP contribution in [0.2, 0.25) is 0 Å². The molecule has 4 heteroatoms. The van der Waals surface area contributed by atoms with E-state index in [-0.39, 0.29) is 0 Å². The molecule has 1 fully saturated rings. The number of nitrogens with zero attached hydrogens (tertiary/aromatic N) is 3. The van der Waals surface area contributed by atoms with E-state index in [1.807, 2.05) is 30.3 Å². The second-order valence-corrected chi connectivity index (χ2v) is 6.21. The molecule has 0 unspecified atom stereocenters. The molecule has 24 heavy (non-hydrogen) atoms. The lowest BCUT2D eigenvalue weighted by molar-refractivity contribution is 0.122. The van der Waals surface area contributed by atoms with Crippen molar-refractivity contribution in [3.63, 3.8) is 0 Å². The smallest absolute Gasteiger partial charge is 0.118 e. The highest BCUT2D eigenvalue weighted by atomic mass is 16.5. The van der Waals surface area contributed by atoms with Crippen molar-refractivity contribution in [2.24, 2.45) is 0 Å². The van der Waals surface area contributed by atoms with Crippen LogP contribution < -0.4 is 4.74 Å². The maximum absolute atomic E-state index is 9.00. The van der Waals surface area contributed by atoms with Gasteiger partial charge >= 0.3 is 0 Å². The molecule has 1 aliphatic rings. The summed E-state index contributed by atoms with van der Waals surface area (Å²) in [7, 11) is 1.69. The Labute approximate surface area is 143 Å². The van der Waals surface area contributed by atoms with E-state index in [2.05, 4.69) is 34.1 Å². The zero-order valence-corrected chi connectivity index (χ0v) is 14.1. The first-order chi connectivity index (χ1) is 11.8. The lowest BCUT2D eigenvalue weighted by atomic mass is 10.1. The van der Waals surface area contributed by atoms with Gasteiger partial charge in [0.2, 0.25) is 0 Å². The molecule has 0 N–H and O–H groups in total. The summed E-state index contributed by atoms with van der Waals surface area (Å²) in [6, 6.07) is 18.4. The number of hydrogen-bond acceptors (Lipinski definition) is 4. The number of hydrogen-bond donors (Lipinski definition) is 0. The van der Waals surface area contributed by atoms with E-state index in [9.17, 15) is 0 Å². The molecule has 0 bridgehead atoms. The SMILES string of the molecule is COc1ccc(CN2CCN(Cc3cccc(C#N)c3)CC2)cc1. The minimum absolute atomic E-state index is 0.741. The van der Waals surface area contributed by atoms with Crippen LogP contribution in [0.15, 0.2) is 48.5 Å². The first kappa shape index (κ1) is 16.5. The molecule has 1 aliphatic heterocycles. The van der Waals surface area contributed by atoms with Crippen molar-refractivity contribution < 1.29 is 4.74 Å². The van der Waals surface area contributed by atoms with Crippen LogP contribution in [-0.4, -0.2) is 43.1 Å². The molecule has 2 aromatic carbocycles. The summed E-state index contributed by atoms with van der Waals surface area (Å²) in [4.78, 5) is 4.95. The van der Waals surface area contributed by atoms with Gasteiger partial charge in [-0.15, -0.1) is 0 Å². The summed E-state index contributed by atoms with van der Waals surface area (Å²) in [5, 5.41) is 9.00. The zero-order chi connectivity index (χ0) is 16.8. The normalized spacial score (nSPS) is 15.8.